The molecule has 0 bridgehead atoms. The van der Waals surface area contributed by atoms with E-state index in [-0.39, 0.29) is 12.3 Å². The molecule has 0 radical (unpaired) electrons. The molecule has 0 aliphatic heterocycles. The van der Waals surface area contributed by atoms with Gasteiger partial charge in [-0.1, -0.05) is 24.1 Å². The predicted octanol–water partition coefficient (Wildman–Crippen LogP) is 6.13. The lowest BCUT2D eigenvalue weighted by atomic mass is 9.96. The van der Waals surface area contributed by atoms with Crippen LogP contribution in [0.4, 0.5) is 0 Å². The average Bonchev–Trinajstić information content (AvgIpc) is 3.25. The van der Waals surface area contributed by atoms with Crippen LogP contribution in [0.1, 0.15) is 30.4 Å². The number of hydrogen-bond donors (Lipinski definition) is 1. The maximum absolute atomic E-state index is 11.1. The van der Waals surface area contributed by atoms with Crippen LogP contribution in [0, 0.1) is 11.8 Å². The zero-order chi connectivity index (χ0) is 23.2. The minimum Gasteiger partial charge on any atom is -0.494 e. The Labute approximate surface area is 196 Å². The number of aromatic nitrogens is 1. The van der Waals surface area contributed by atoms with E-state index in [1.54, 1.807) is 37.8 Å². The number of hydrogen-bond acceptors (Lipinski definition) is 5. The molecule has 1 N–H and O–H groups in total. The van der Waals surface area contributed by atoms with Gasteiger partial charge in [0.1, 0.15) is 18.1 Å². The first-order chi connectivity index (χ1) is 16.1. The van der Waals surface area contributed by atoms with Gasteiger partial charge in [0.25, 0.3) is 0 Å². The number of carboxylic acid groups (broad SMARTS) is 1. The fraction of sp³-hybridized carbons (Fsp3) is 0.185. The minimum atomic E-state index is -0.865. The zero-order valence-electron chi connectivity index (χ0n) is 18.4. The van der Waals surface area contributed by atoms with Gasteiger partial charge in [-0.15, -0.1) is 17.3 Å². The molecule has 4 aromatic rings. The second-order valence-electron chi connectivity index (χ2n) is 7.46. The number of rotatable bonds is 8. The number of thiophene rings is 1. The molecular formula is C27H23NO4S. The second-order valence-corrected chi connectivity index (χ2v) is 8.37. The molecule has 2 aromatic carbocycles. The predicted molar refractivity (Wildman–Crippen MR) is 131 cm³/mol. The third kappa shape index (κ3) is 5.16. The van der Waals surface area contributed by atoms with Gasteiger partial charge in [0.15, 0.2) is 0 Å². The van der Waals surface area contributed by atoms with E-state index < -0.39 is 5.97 Å². The maximum Gasteiger partial charge on any atom is 0.304 e. The molecule has 0 spiro atoms. The van der Waals surface area contributed by atoms with Crippen LogP contribution in [0.25, 0.3) is 21.2 Å². The Morgan fingerprint density at radius 2 is 1.97 bits per heavy atom. The molecule has 2 aromatic heterocycles. The van der Waals surface area contributed by atoms with Crippen molar-refractivity contribution in [2.75, 3.05) is 7.11 Å². The van der Waals surface area contributed by atoms with Gasteiger partial charge in [0.2, 0.25) is 0 Å². The number of fused-ring (bicyclic) bond motifs is 1. The number of carboxylic acids is 1. The van der Waals surface area contributed by atoms with Crippen LogP contribution < -0.4 is 9.47 Å². The minimum absolute atomic E-state index is 0.0215. The number of nitrogens with zero attached hydrogens (tertiary/aromatic N) is 1. The number of benzene rings is 2. The van der Waals surface area contributed by atoms with Gasteiger partial charge < -0.3 is 14.6 Å². The van der Waals surface area contributed by atoms with Crippen molar-refractivity contribution in [2.45, 2.75) is 25.9 Å². The first-order valence-corrected chi connectivity index (χ1v) is 11.3. The van der Waals surface area contributed by atoms with Crippen molar-refractivity contribution in [2.24, 2.45) is 0 Å². The fourth-order valence-electron chi connectivity index (χ4n) is 3.70. The summed E-state index contributed by atoms with van der Waals surface area (Å²) in [5.41, 5.74) is 4.05. The lowest BCUT2D eigenvalue weighted by Crippen LogP contribution is -2.04. The highest BCUT2D eigenvalue weighted by atomic mass is 32.1. The van der Waals surface area contributed by atoms with Crippen molar-refractivity contribution in [1.29, 1.82) is 0 Å². The topological polar surface area (TPSA) is 68.7 Å². The highest BCUT2D eigenvalue weighted by Crippen LogP contribution is 2.38. The van der Waals surface area contributed by atoms with E-state index in [0.29, 0.717) is 6.61 Å². The Kier molecular flexibility index (Phi) is 6.92. The first kappa shape index (κ1) is 22.4. The molecule has 5 nitrogen and oxygen atoms in total. The van der Waals surface area contributed by atoms with Crippen molar-refractivity contribution < 1.29 is 19.4 Å². The van der Waals surface area contributed by atoms with E-state index in [1.165, 1.54) is 4.70 Å². The molecule has 166 valence electrons. The molecule has 0 fully saturated rings. The maximum atomic E-state index is 11.1. The van der Waals surface area contributed by atoms with Gasteiger partial charge in [-0.3, -0.25) is 9.78 Å². The van der Waals surface area contributed by atoms with Crippen LogP contribution in [-0.4, -0.2) is 23.2 Å². The SMILES string of the molecule is CC#CC(CC(=O)O)c1ccc(OCc2ccc3scc(-c4ccncc4OC)c3c2)cc1. The van der Waals surface area contributed by atoms with Crippen LogP contribution in [0.15, 0.2) is 66.3 Å². The number of ether oxygens (including phenoxy) is 2. The van der Waals surface area contributed by atoms with Gasteiger partial charge in [0, 0.05) is 27.4 Å². The van der Waals surface area contributed by atoms with Crippen molar-refractivity contribution in [3.63, 3.8) is 0 Å². The summed E-state index contributed by atoms with van der Waals surface area (Å²) in [7, 11) is 1.65. The van der Waals surface area contributed by atoms with Crippen LogP contribution >= 0.6 is 11.3 Å². The van der Waals surface area contributed by atoms with E-state index >= 15 is 0 Å². The van der Waals surface area contributed by atoms with Crippen LogP contribution in [-0.2, 0) is 11.4 Å². The largest absolute Gasteiger partial charge is 0.494 e. The Morgan fingerprint density at radius 1 is 1.15 bits per heavy atom. The second kappa shape index (κ2) is 10.2. The highest BCUT2D eigenvalue weighted by molar-refractivity contribution is 7.17. The molecule has 0 aliphatic rings. The molecule has 1 atom stereocenters. The van der Waals surface area contributed by atoms with E-state index in [0.717, 1.165) is 39.1 Å². The Morgan fingerprint density at radius 3 is 2.70 bits per heavy atom. The van der Waals surface area contributed by atoms with Gasteiger partial charge in [-0.2, -0.15) is 0 Å². The molecule has 0 aliphatic carbocycles. The van der Waals surface area contributed by atoms with E-state index in [4.69, 9.17) is 14.6 Å². The molecular weight excluding hydrogens is 434 g/mol. The zero-order valence-corrected chi connectivity index (χ0v) is 19.2. The van der Waals surface area contributed by atoms with Crippen molar-refractivity contribution >= 4 is 27.4 Å². The average molecular weight is 458 g/mol. The molecule has 4 rings (SSSR count). The number of carbonyl (C=O) groups is 1. The number of pyridine rings is 1. The highest BCUT2D eigenvalue weighted by Gasteiger charge is 2.14. The van der Waals surface area contributed by atoms with E-state index in [2.05, 4.69) is 40.4 Å². The summed E-state index contributed by atoms with van der Waals surface area (Å²) in [6, 6.07) is 15.8. The molecule has 0 saturated carbocycles. The van der Waals surface area contributed by atoms with Gasteiger partial charge in [-0.25, -0.2) is 0 Å². The van der Waals surface area contributed by atoms with Crippen LogP contribution in [0.2, 0.25) is 0 Å². The Balaban J connectivity index is 1.52. The molecule has 2 heterocycles. The summed E-state index contributed by atoms with van der Waals surface area (Å²) >= 11 is 1.69. The normalized spacial score (nSPS) is 11.5. The first-order valence-electron chi connectivity index (χ1n) is 10.4. The summed E-state index contributed by atoms with van der Waals surface area (Å²) in [5, 5.41) is 12.4. The molecule has 33 heavy (non-hydrogen) atoms. The quantitative estimate of drug-likeness (QED) is 0.322. The van der Waals surface area contributed by atoms with Gasteiger partial charge >= 0.3 is 5.97 Å². The third-order valence-corrected chi connectivity index (χ3v) is 6.28. The van der Waals surface area contributed by atoms with E-state index in [1.807, 2.05) is 30.3 Å². The van der Waals surface area contributed by atoms with Crippen molar-refractivity contribution in [1.82, 2.24) is 4.98 Å². The summed E-state index contributed by atoms with van der Waals surface area (Å²) in [6.45, 7) is 2.14. The monoisotopic (exact) mass is 457 g/mol. The number of aliphatic carboxylic acids is 1. The third-order valence-electron chi connectivity index (χ3n) is 5.32. The number of methoxy groups -OCH3 is 1. The van der Waals surface area contributed by atoms with E-state index in [9.17, 15) is 4.79 Å². The van der Waals surface area contributed by atoms with Crippen LogP contribution in [0.5, 0.6) is 11.5 Å². The molecule has 1 unspecified atom stereocenters. The molecule has 0 saturated heterocycles. The Bertz CT molecular complexity index is 1330. The summed E-state index contributed by atoms with van der Waals surface area (Å²) in [4.78, 5) is 15.3. The van der Waals surface area contributed by atoms with Gasteiger partial charge in [-0.05, 0) is 53.8 Å². The smallest absolute Gasteiger partial charge is 0.304 e. The molecule has 0 amide bonds. The lowest BCUT2D eigenvalue weighted by Gasteiger charge is -2.11. The molecule has 6 heteroatoms. The van der Waals surface area contributed by atoms with Crippen LogP contribution in [0.3, 0.4) is 0 Å². The van der Waals surface area contributed by atoms with Crippen molar-refractivity contribution in [3.8, 4) is 34.5 Å². The van der Waals surface area contributed by atoms with Crippen molar-refractivity contribution in [3.05, 3.63) is 77.4 Å². The summed E-state index contributed by atoms with van der Waals surface area (Å²) < 4.78 is 12.7. The van der Waals surface area contributed by atoms with Gasteiger partial charge in [0.05, 0.1) is 25.6 Å². The Hall–Kier alpha value is -3.82. The fourth-order valence-corrected chi connectivity index (χ4v) is 4.65. The standard InChI is InChI=1S/C27H23NO4S/c1-3-4-20(14-27(29)30)19-6-8-21(9-7-19)32-16-18-5-10-26-23(13-18)24(17-33-26)22-11-12-28-15-25(22)31-2/h5-13,15,17,20H,14,16H2,1-2H3,(H,29,30). The lowest BCUT2D eigenvalue weighted by molar-refractivity contribution is -0.137. The summed E-state index contributed by atoms with van der Waals surface area (Å²) in [5.74, 6) is 6.05. The summed E-state index contributed by atoms with van der Waals surface area (Å²) in [6.07, 6.45) is 3.47.